The van der Waals surface area contributed by atoms with Crippen LogP contribution in [0.1, 0.15) is 31.7 Å². The van der Waals surface area contributed by atoms with Gasteiger partial charge in [-0.3, -0.25) is 0 Å². The lowest BCUT2D eigenvalue weighted by Crippen LogP contribution is -2.34. The minimum atomic E-state index is -0.624. The van der Waals surface area contributed by atoms with Crippen molar-refractivity contribution in [1.82, 2.24) is 14.8 Å². The van der Waals surface area contributed by atoms with Crippen LogP contribution in [-0.2, 0) is 6.54 Å². The molecular weight excluding hydrogens is 306 g/mol. The number of nitro groups is 1. The Bertz CT molecular complexity index is 535. The Hall–Kier alpha value is -1.89. The maximum absolute atomic E-state index is 10.8. The molecule has 8 heteroatoms. The summed E-state index contributed by atoms with van der Waals surface area (Å²) in [4.78, 5) is 18.8. The van der Waals surface area contributed by atoms with Crippen molar-refractivity contribution in [3.63, 3.8) is 0 Å². The zero-order chi connectivity index (χ0) is 15.9. The molecule has 1 aromatic heterocycles. The van der Waals surface area contributed by atoms with E-state index in [1.165, 1.54) is 0 Å². The molecule has 0 radical (unpaired) electrons. The lowest BCUT2D eigenvalue weighted by atomic mass is 10.2. The Labute approximate surface area is 134 Å². The van der Waals surface area contributed by atoms with Crippen molar-refractivity contribution in [2.75, 3.05) is 19.6 Å². The van der Waals surface area contributed by atoms with Crippen molar-refractivity contribution in [2.24, 2.45) is 5.10 Å². The van der Waals surface area contributed by atoms with E-state index >= 15 is 0 Å². The molecule has 2 rings (SSSR count). The van der Waals surface area contributed by atoms with E-state index in [4.69, 9.17) is 11.6 Å². The van der Waals surface area contributed by atoms with Crippen molar-refractivity contribution in [1.29, 1.82) is 0 Å². The van der Waals surface area contributed by atoms with E-state index in [1.807, 2.05) is 15.9 Å². The summed E-state index contributed by atoms with van der Waals surface area (Å²) in [6, 6.07) is 3.59. The molecule has 1 aromatic rings. The van der Waals surface area contributed by atoms with Gasteiger partial charge in [-0.1, -0.05) is 37.4 Å². The van der Waals surface area contributed by atoms with Crippen molar-refractivity contribution < 1.29 is 5.03 Å². The topological polar surface area (TPSA) is 74.9 Å². The molecule has 2 heterocycles. The van der Waals surface area contributed by atoms with Gasteiger partial charge in [0.1, 0.15) is 10.3 Å². The highest BCUT2D eigenvalue weighted by Gasteiger charge is 2.29. The van der Waals surface area contributed by atoms with Crippen LogP contribution in [0.3, 0.4) is 0 Å². The molecule has 1 aliphatic rings. The first kappa shape index (κ1) is 16.5. The lowest BCUT2D eigenvalue weighted by Gasteiger charge is -2.20. The van der Waals surface area contributed by atoms with Gasteiger partial charge >= 0.3 is 0 Å². The molecule has 0 aliphatic carbocycles. The summed E-state index contributed by atoms with van der Waals surface area (Å²) in [6.45, 7) is 4.96. The Morgan fingerprint density at radius 2 is 2.14 bits per heavy atom. The standard InChI is InChI=1S/C14H20ClN5O2/c1-2-3-4-7-18-8-9-19(14(18)17-20(21)22)11-12-5-6-13(15)16-10-12/h5-6,10H,2-4,7-9,11H2,1H3/b17-14+. The molecule has 22 heavy (non-hydrogen) atoms. The van der Waals surface area contributed by atoms with Crippen LogP contribution in [-0.4, -0.2) is 45.4 Å². The quantitative estimate of drug-likeness (QED) is 0.333. The molecule has 120 valence electrons. The largest absolute Gasteiger partial charge is 0.336 e. The summed E-state index contributed by atoms with van der Waals surface area (Å²) in [5.41, 5.74) is 0.954. The molecule has 0 saturated carbocycles. The van der Waals surface area contributed by atoms with Crippen molar-refractivity contribution >= 4 is 17.6 Å². The van der Waals surface area contributed by atoms with Gasteiger partial charge in [0.05, 0.1) is 0 Å². The first-order valence-corrected chi connectivity index (χ1v) is 7.81. The number of unbranched alkanes of at least 4 members (excludes halogenated alkanes) is 2. The second-order valence-electron chi connectivity index (χ2n) is 5.24. The fourth-order valence-electron chi connectivity index (χ4n) is 2.48. The van der Waals surface area contributed by atoms with Gasteiger partial charge in [0, 0.05) is 32.4 Å². The summed E-state index contributed by atoms with van der Waals surface area (Å²) < 4.78 is 0. The Morgan fingerprint density at radius 1 is 1.36 bits per heavy atom. The third-order valence-corrected chi connectivity index (χ3v) is 3.79. The van der Waals surface area contributed by atoms with Crippen LogP contribution in [0.15, 0.2) is 23.4 Å². The normalized spacial score (nSPS) is 16.5. The second kappa shape index (κ2) is 7.93. The molecule has 0 bridgehead atoms. The maximum atomic E-state index is 10.8. The van der Waals surface area contributed by atoms with Crippen LogP contribution in [0.2, 0.25) is 5.15 Å². The first-order valence-electron chi connectivity index (χ1n) is 7.43. The third-order valence-electron chi connectivity index (χ3n) is 3.57. The number of pyridine rings is 1. The summed E-state index contributed by atoms with van der Waals surface area (Å²) in [5.74, 6) is 0.441. The maximum Gasteiger partial charge on any atom is 0.274 e. The van der Waals surface area contributed by atoms with Gasteiger partial charge in [0.25, 0.3) is 5.96 Å². The third kappa shape index (κ3) is 4.56. The van der Waals surface area contributed by atoms with Crippen LogP contribution in [0.25, 0.3) is 0 Å². The van der Waals surface area contributed by atoms with Gasteiger partial charge in [-0.15, -0.1) is 0 Å². The highest BCUT2D eigenvalue weighted by molar-refractivity contribution is 6.29. The molecule has 0 aromatic carbocycles. The van der Waals surface area contributed by atoms with Gasteiger partial charge in [-0.05, 0) is 18.1 Å². The summed E-state index contributed by atoms with van der Waals surface area (Å²) in [6.07, 6.45) is 4.94. The van der Waals surface area contributed by atoms with Crippen molar-refractivity contribution in [3.05, 3.63) is 39.2 Å². The van der Waals surface area contributed by atoms with E-state index in [2.05, 4.69) is 17.0 Å². The van der Waals surface area contributed by atoms with Crippen molar-refractivity contribution in [3.8, 4) is 0 Å². The number of guanidine groups is 1. The van der Waals surface area contributed by atoms with Crippen LogP contribution in [0.5, 0.6) is 0 Å². The Balaban J connectivity index is 2.06. The number of halogens is 1. The van der Waals surface area contributed by atoms with Crippen LogP contribution in [0, 0.1) is 10.1 Å². The van der Waals surface area contributed by atoms with E-state index in [-0.39, 0.29) is 0 Å². The molecule has 7 nitrogen and oxygen atoms in total. The van der Waals surface area contributed by atoms with Gasteiger partial charge in [-0.2, -0.15) is 0 Å². The number of hydrogen-bond donors (Lipinski definition) is 0. The molecule has 0 unspecified atom stereocenters. The van der Waals surface area contributed by atoms with Gasteiger partial charge in [0.15, 0.2) is 5.03 Å². The minimum absolute atomic E-state index is 0.436. The number of hydrogen-bond acceptors (Lipinski definition) is 3. The van der Waals surface area contributed by atoms with E-state index in [0.29, 0.717) is 17.7 Å². The fourth-order valence-corrected chi connectivity index (χ4v) is 2.59. The van der Waals surface area contributed by atoms with E-state index in [0.717, 1.165) is 44.5 Å². The average Bonchev–Trinajstić information content (AvgIpc) is 2.84. The monoisotopic (exact) mass is 325 g/mol. The molecule has 0 N–H and O–H groups in total. The first-order chi connectivity index (χ1) is 10.6. The van der Waals surface area contributed by atoms with Crippen LogP contribution in [0.4, 0.5) is 0 Å². The van der Waals surface area contributed by atoms with Gasteiger partial charge in [0.2, 0.25) is 0 Å². The second-order valence-corrected chi connectivity index (χ2v) is 5.63. The molecule has 0 spiro atoms. The summed E-state index contributed by atoms with van der Waals surface area (Å²) >= 11 is 5.77. The number of hydrazone groups is 1. The average molecular weight is 326 g/mol. The highest BCUT2D eigenvalue weighted by atomic mass is 35.5. The lowest BCUT2D eigenvalue weighted by molar-refractivity contribution is -0.486. The predicted molar refractivity (Wildman–Crippen MR) is 85.2 cm³/mol. The smallest absolute Gasteiger partial charge is 0.274 e. The van der Waals surface area contributed by atoms with Crippen LogP contribution >= 0.6 is 11.6 Å². The zero-order valence-corrected chi connectivity index (χ0v) is 13.4. The number of nitrogens with zero attached hydrogens (tertiary/aromatic N) is 5. The SMILES string of the molecule is CCCCCN1CCN(Cc2ccc(Cl)nc2)/C1=N/[N+](=O)[O-]. The Kier molecular flexibility index (Phi) is 5.94. The number of aromatic nitrogens is 1. The zero-order valence-electron chi connectivity index (χ0n) is 12.6. The molecule has 1 fully saturated rings. The predicted octanol–water partition coefficient (Wildman–Crippen LogP) is 2.59. The molecule has 1 saturated heterocycles. The van der Waals surface area contributed by atoms with Crippen molar-refractivity contribution in [2.45, 2.75) is 32.7 Å². The van der Waals surface area contributed by atoms with Crippen LogP contribution < -0.4 is 0 Å². The number of rotatable bonds is 7. The fraction of sp³-hybridized carbons (Fsp3) is 0.571. The van der Waals surface area contributed by atoms with E-state index in [1.54, 1.807) is 12.3 Å². The molecular formula is C14H20ClN5O2. The van der Waals surface area contributed by atoms with E-state index < -0.39 is 5.03 Å². The highest BCUT2D eigenvalue weighted by Crippen LogP contribution is 2.15. The molecule has 1 aliphatic heterocycles. The molecule has 0 atom stereocenters. The molecule has 0 amide bonds. The summed E-state index contributed by atoms with van der Waals surface area (Å²) in [5, 5.41) is 14.2. The van der Waals surface area contributed by atoms with E-state index in [9.17, 15) is 10.1 Å². The van der Waals surface area contributed by atoms with Gasteiger partial charge in [-0.25, -0.2) is 15.1 Å². The van der Waals surface area contributed by atoms with Gasteiger partial charge < -0.3 is 9.80 Å². The Morgan fingerprint density at radius 3 is 2.77 bits per heavy atom. The minimum Gasteiger partial charge on any atom is -0.336 e. The summed E-state index contributed by atoms with van der Waals surface area (Å²) in [7, 11) is 0.